The molecular formula is C24H33N3O3. The zero-order valence-electron chi connectivity index (χ0n) is 17.6. The summed E-state index contributed by atoms with van der Waals surface area (Å²) in [5, 5.41) is 9.85. The van der Waals surface area contributed by atoms with Gasteiger partial charge in [-0.05, 0) is 50.1 Å². The lowest BCUT2D eigenvalue weighted by Gasteiger charge is -2.38. The second-order valence-corrected chi connectivity index (χ2v) is 8.89. The van der Waals surface area contributed by atoms with Gasteiger partial charge in [-0.3, -0.25) is 9.59 Å². The van der Waals surface area contributed by atoms with Crippen LogP contribution in [0.1, 0.15) is 37.7 Å². The zero-order valence-corrected chi connectivity index (χ0v) is 17.6. The lowest BCUT2D eigenvalue weighted by atomic mass is 9.75. The van der Waals surface area contributed by atoms with Crippen molar-refractivity contribution < 1.29 is 14.3 Å². The number of rotatable bonds is 2. The minimum absolute atomic E-state index is 0.0195. The molecule has 6 heteroatoms. The first-order valence-electron chi connectivity index (χ1n) is 11.2. The minimum Gasteiger partial charge on any atom is -0.381 e. The number of benzene rings is 1. The third-order valence-corrected chi connectivity index (χ3v) is 6.89. The molecule has 0 radical (unpaired) electrons. The molecule has 1 spiro atoms. The third kappa shape index (κ3) is 4.93. The largest absolute Gasteiger partial charge is 0.381 e. The summed E-state index contributed by atoms with van der Waals surface area (Å²) < 4.78 is 5.54. The maximum absolute atomic E-state index is 13.4. The highest BCUT2D eigenvalue weighted by molar-refractivity contribution is 5.90. The summed E-state index contributed by atoms with van der Waals surface area (Å²) in [6, 6.07) is 9.49. The Morgan fingerprint density at radius 1 is 1.03 bits per heavy atom. The average Bonchev–Trinajstić information content (AvgIpc) is 2.78. The van der Waals surface area contributed by atoms with Gasteiger partial charge in [0.2, 0.25) is 11.8 Å². The second-order valence-electron chi connectivity index (χ2n) is 8.89. The molecule has 3 aliphatic heterocycles. The van der Waals surface area contributed by atoms with Gasteiger partial charge in [-0.2, -0.15) is 0 Å². The summed E-state index contributed by atoms with van der Waals surface area (Å²) in [4.78, 5) is 26.8. The molecule has 0 unspecified atom stereocenters. The van der Waals surface area contributed by atoms with Crippen LogP contribution < -0.4 is 16.0 Å². The van der Waals surface area contributed by atoms with E-state index in [9.17, 15) is 9.59 Å². The van der Waals surface area contributed by atoms with Gasteiger partial charge in [0.05, 0.1) is 5.41 Å². The number of hydrogen-bond acceptors (Lipinski definition) is 4. The molecule has 3 N–H and O–H groups in total. The molecule has 3 aliphatic rings. The Kier molecular flexibility index (Phi) is 6.85. The number of hydrogen-bond donors (Lipinski definition) is 3. The monoisotopic (exact) mass is 411 g/mol. The maximum atomic E-state index is 13.4. The Morgan fingerprint density at radius 3 is 2.63 bits per heavy atom. The van der Waals surface area contributed by atoms with E-state index in [1.54, 1.807) is 0 Å². The number of carbonyl (C=O) groups is 2. The first kappa shape index (κ1) is 21.1. The quantitative estimate of drug-likeness (QED) is 0.650. The van der Waals surface area contributed by atoms with Crippen LogP contribution in [0, 0.1) is 11.3 Å². The van der Waals surface area contributed by atoms with Crippen LogP contribution in [0.5, 0.6) is 0 Å². The summed E-state index contributed by atoms with van der Waals surface area (Å²) in [6.07, 6.45) is 8.78. The van der Waals surface area contributed by atoms with Crippen LogP contribution in [-0.4, -0.2) is 50.2 Å². The van der Waals surface area contributed by atoms with Crippen LogP contribution in [0.2, 0.25) is 0 Å². The summed E-state index contributed by atoms with van der Waals surface area (Å²) >= 11 is 0. The van der Waals surface area contributed by atoms with Crippen LogP contribution in [0.15, 0.2) is 42.5 Å². The van der Waals surface area contributed by atoms with E-state index in [1.807, 2.05) is 30.3 Å². The first-order chi connectivity index (χ1) is 14.7. The Morgan fingerprint density at radius 2 is 1.83 bits per heavy atom. The van der Waals surface area contributed by atoms with Crippen LogP contribution in [0.4, 0.5) is 0 Å². The molecule has 2 saturated heterocycles. The van der Waals surface area contributed by atoms with E-state index >= 15 is 0 Å². The molecule has 0 aromatic heterocycles. The molecule has 0 bridgehead atoms. The lowest BCUT2D eigenvalue weighted by Crippen LogP contribution is -2.57. The van der Waals surface area contributed by atoms with Crippen molar-refractivity contribution in [1.82, 2.24) is 16.0 Å². The van der Waals surface area contributed by atoms with E-state index in [0.717, 1.165) is 31.5 Å². The highest BCUT2D eigenvalue weighted by Gasteiger charge is 2.41. The first-order valence-corrected chi connectivity index (χ1v) is 11.2. The highest BCUT2D eigenvalue weighted by Crippen LogP contribution is 2.35. The van der Waals surface area contributed by atoms with Crippen molar-refractivity contribution in [3.8, 4) is 0 Å². The van der Waals surface area contributed by atoms with Crippen molar-refractivity contribution in [3.05, 3.63) is 48.0 Å². The third-order valence-electron chi connectivity index (χ3n) is 6.89. The fourth-order valence-electron chi connectivity index (χ4n) is 4.88. The number of carbonyl (C=O) groups excluding carboxylic acids is 2. The highest BCUT2D eigenvalue weighted by atomic mass is 16.5. The molecule has 0 saturated carbocycles. The summed E-state index contributed by atoms with van der Waals surface area (Å²) in [7, 11) is 0. The van der Waals surface area contributed by atoms with Gasteiger partial charge in [-0.15, -0.1) is 0 Å². The molecule has 1 aromatic rings. The topological polar surface area (TPSA) is 79.5 Å². The Bertz CT molecular complexity index is 758. The van der Waals surface area contributed by atoms with Gasteiger partial charge < -0.3 is 20.7 Å². The molecule has 1 aromatic carbocycles. The van der Waals surface area contributed by atoms with Gasteiger partial charge in [0, 0.05) is 32.2 Å². The van der Waals surface area contributed by atoms with Crippen LogP contribution in [0.25, 0.3) is 0 Å². The molecular weight excluding hydrogens is 378 g/mol. The van der Waals surface area contributed by atoms with E-state index in [1.165, 1.54) is 0 Å². The maximum Gasteiger partial charge on any atom is 0.243 e. The molecule has 162 valence electrons. The number of fused-ring (bicyclic) bond motifs is 1. The number of allylic oxidation sites excluding steroid dienone is 2. The second kappa shape index (κ2) is 9.75. The Hall–Kier alpha value is -2.18. The molecule has 30 heavy (non-hydrogen) atoms. The predicted octanol–water partition coefficient (Wildman–Crippen LogP) is 1.95. The smallest absolute Gasteiger partial charge is 0.243 e. The zero-order chi connectivity index (χ0) is 20.8. The molecule has 3 atom stereocenters. The molecule has 0 aliphatic carbocycles. The number of nitrogens with one attached hydrogen (secondary N) is 3. The van der Waals surface area contributed by atoms with Gasteiger partial charge in [-0.25, -0.2) is 0 Å². The minimum atomic E-state index is -0.571. The van der Waals surface area contributed by atoms with E-state index in [-0.39, 0.29) is 17.9 Å². The van der Waals surface area contributed by atoms with Gasteiger partial charge in [0.1, 0.15) is 6.04 Å². The van der Waals surface area contributed by atoms with Gasteiger partial charge in [-0.1, -0.05) is 42.5 Å². The Balaban J connectivity index is 1.61. The van der Waals surface area contributed by atoms with Gasteiger partial charge >= 0.3 is 0 Å². The van der Waals surface area contributed by atoms with Crippen LogP contribution in [-0.2, 0) is 20.7 Å². The van der Waals surface area contributed by atoms with Crippen LogP contribution in [0.3, 0.4) is 0 Å². The molecule has 4 rings (SSSR count). The van der Waals surface area contributed by atoms with Crippen molar-refractivity contribution in [1.29, 1.82) is 0 Å². The molecule has 3 heterocycles. The normalized spacial score (nSPS) is 29.8. The predicted molar refractivity (Wildman–Crippen MR) is 116 cm³/mol. The SMILES string of the molecule is O=C1N[C@@H]2CCNC[C@@H]2CC=CCC2(CCOCC2)C(=O)N[C@@H]1Cc1ccccc1. The van der Waals surface area contributed by atoms with Crippen molar-refractivity contribution >= 4 is 11.8 Å². The summed E-state index contributed by atoms with van der Waals surface area (Å²) in [5.74, 6) is 0.280. The van der Waals surface area contributed by atoms with Crippen molar-refractivity contribution in [3.63, 3.8) is 0 Å². The average molecular weight is 412 g/mol. The molecule has 2 fully saturated rings. The Labute approximate surface area is 178 Å². The lowest BCUT2D eigenvalue weighted by molar-refractivity contribution is -0.140. The van der Waals surface area contributed by atoms with Crippen molar-refractivity contribution in [2.45, 2.75) is 50.6 Å². The van der Waals surface area contributed by atoms with Crippen LogP contribution >= 0.6 is 0 Å². The molecule has 2 amide bonds. The summed E-state index contributed by atoms with van der Waals surface area (Å²) in [6.45, 7) is 2.99. The van der Waals surface area contributed by atoms with Crippen molar-refractivity contribution in [2.75, 3.05) is 26.3 Å². The number of piperidine rings is 1. The molecule has 6 nitrogen and oxygen atoms in total. The van der Waals surface area contributed by atoms with E-state index < -0.39 is 11.5 Å². The van der Waals surface area contributed by atoms with Gasteiger partial charge in [0.15, 0.2) is 0 Å². The summed E-state index contributed by atoms with van der Waals surface area (Å²) in [5.41, 5.74) is 0.556. The van der Waals surface area contributed by atoms with Gasteiger partial charge in [0.25, 0.3) is 0 Å². The standard InChI is InChI=1S/C24H33N3O3/c28-22-21(16-18-6-2-1-3-7-18)27-23(29)24(11-14-30-15-12-24)10-5-4-8-19-17-25-13-9-20(19)26-22/h1-7,19-21,25H,8-17H2,(H,26,28)(H,27,29)/t19-,20+,21+/m0/s1. The van der Waals surface area contributed by atoms with E-state index in [4.69, 9.17) is 4.74 Å². The fraction of sp³-hybridized carbons (Fsp3) is 0.583. The van der Waals surface area contributed by atoms with Crippen molar-refractivity contribution in [2.24, 2.45) is 11.3 Å². The number of amides is 2. The fourth-order valence-corrected chi connectivity index (χ4v) is 4.88. The van der Waals surface area contributed by atoms with E-state index in [2.05, 4.69) is 28.1 Å². The van der Waals surface area contributed by atoms with E-state index in [0.29, 0.717) is 44.8 Å². The number of ether oxygens (including phenoxy) is 1.